The first-order chi connectivity index (χ1) is 10.2. The summed E-state index contributed by atoms with van der Waals surface area (Å²) in [4.78, 5) is 12.0. The third kappa shape index (κ3) is 3.12. The SMILES string of the molecule is O=C(NCc1ccccc1)Nc1c(Cl)ccc2nsnc12. The van der Waals surface area contributed by atoms with E-state index in [1.807, 2.05) is 30.3 Å². The molecule has 2 aromatic carbocycles. The van der Waals surface area contributed by atoms with Crippen LogP contribution in [0.5, 0.6) is 0 Å². The summed E-state index contributed by atoms with van der Waals surface area (Å²) in [5, 5.41) is 5.95. The van der Waals surface area contributed by atoms with Gasteiger partial charge in [0, 0.05) is 6.54 Å². The molecule has 0 bridgehead atoms. The van der Waals surface area contributed by atoms with E-state index in [1.54, 1.807) is 12.1 Å². The van der Waals surface area contributed by atoms with Gasteiger partial charge < -0.3 is 10.6 Å². The van der Waals surface area contributed by atoms with Crippen LogP contribution in [0.1, 0.15) is 5.56 Å². The van der Waals surface area contributed by atoms with Crippen molar-refractivity contribution in [2.24, 2.45) is 0 Å². The third-order valence-electron chi connectivity index (χ3n) is 2.91. The second-order valence-electron chi connectivity index (χ2n) is 4.35. The van der Waals surface area contributed by atoms with Crippen molar-refractivity contribution in [3.8, 4) is 0 Å². The molecule has 0 saturated carbocycles. The Balaban J connectivity index is 1.72. The number of fused-ring (bicyclic) bond motifs is 1. The maximum Gasteiger partial charge on any atom is 0.319 e. The Morgan fingerprint density at radius 3 is 2.76 bits per heavy atom. The number of urea groups is 1. The van der Waals surface area contributed by atoms with Crippen LogP contribution in [0, 0.1) is 0 Å². The molecule has 0 aliphatic heterocycles. The molecular formula is C14H11ClN4OS. The Labute approximate surface area is 130 Å². The van der Waals surface area contributed by atoms with E-state index in [0.717, 1.165) is 17.3 Å². The van der Waals surface area contributed by atoms with Crippen LogP contribution in [0.3, 0.4) is 0 Å². The van der Waals surface area contributed by atoms with Crippen molar-refractivity contribution in [3.05, 3.63) is 53.1 Å². The number of nitrogens with one attached hydrogen (secondary N) is 2. The minimum absolute atomic E-state index is 0.332. The van der Waals surface area contributed by atoms with E-state index in [9.17, 15) is 4.79 Å². The summed E-state index contributed by atoms with van der Waals surface area (Å²) in [6, 6.07) is 12.8. The van der Waals surface area contributed by atoms with Gasteiger partial charge in [-0.15, -0.1) is 0 Å². The predicted octanol–water partition coefficient (Wildman–Crippen LogP) is 3.67. The number of anilines is 1. The number of carbonyl (C=O) groups is 1. The number of amides is 2. The standard InChI is InChI=1S/C14H11ClN4OS/c15-10-6-7-11-13(19-21-18-11)12(10)17-14(20)16-8-9-4-2-1-3-5-9/h1-7H,8H2,(H2,16,17,20). The Morgan fingerprint density at radius 1 is 1.14 bits per heavy atom. The molecule has 0 spiro atoms. The van der Waals surface area contributed by atoms with Gasteiger partial charge in [-0.25, -0.2) is 4.79 Å². The molecule has 1 heterocycles. The van der Waals surface area contributed by atoms with Gasteiger partial charge in [0.15, 0.2) is 0 Å². The Morgan fingerprint density at radius 2 is 1.95 bits per heavy atom. The van der Waals surface area contributed by atoms with E-state index >= 15 is 0 Å². The topological polar surface area (TPSA) is 66.9 Å². The highest BCUT2D eigenvalue weighted by Gasteiger charge is 2.12. The van der Waals surface area contributed by atoms with Gasteiger partial charge in [-0.2, -0.15) is 8.75 Å². The second-order valence-corrected chi connectivity index (χ2v) is 5.28. The maximum absolute atomic E-state index is 12.0. The zero-order valence-corrected chi connectivity index (χ0v) is 12.4. The van der Waals surface area contributed by atoms with Gasteiger partial charge in [-0.3, -0.25) is 0 Å². The molecule has 3 aromatic rings. The van der Waals surface area contributed by atoms with Gasteiger partial charge >= 0.3 is 6.03 Å². The molecule has 0 fully saturated rings. The minimum Gasteiger partial charge on any atom is -0.334 e. The van der Waals surface area contributed by atoms with Gasteiger partial charge in [0.05, 0.1) is 22.4 Å². The predicted molar refractivity (Wildman–Crippen MR) is 84.7 cm³/mol. The summed E-state index contributed by atoms with van der Waals surface area (Å²) in [6.45, 7) is 0.440. The van der Waals surface area contributed by atoms with Crippen molar-refractivity contribution in [1.82, 2.24) is 14.1 Å². The average molecular weight is 319 g/mol. The van der Waals surface area contributed by atoms with Gasteiger partial charge in [-0.1, -0.05) is 41.9 Å². The number of hydrogen-bond acceptors (Lipinski definition) is 4. The van der Waals surface area contributed by atoms with E-state index < -0.39 is 0 Å². The Bertz CT molecular complexity index is 775. The van der Waals surface area contributed by atoms with Crippen LogP contribution in [0.2, 0.25) is 5.02 Å². The van der Waals surface area contributed by atoms with Gasteiger partial charge in [0.1, 0.15) is 11.0 Å². The number of hydrogen-bond donors (Lipinski definition) is 2. The Kier molecular flexibility index (Phi) is 3.98. The summed E-state index contributed by atoms with van der Waals surface area (Å²) in [7, 11) is 0. The largest absolute Gasteiger partial charge is 0.334 e. The molecule has 0 aliphatic carbocycles. The molecule has 0 radical (unpaired) electrons. The van der Waals surface area contributed by atoms with E-state index in [1.165, 1.54) is 0 Å². The molecular weight excluding hydrogens is 308 g/mol. The number of nitrogens with zero attached hydrogens (tertiary/aromatic N) is 2. The van der Waals surface area contributed by atoms with Crippen molar-refractivity contribution in [2.75, 3.05) is 5.32 Å². The molecule has 5 nitrogen and oxygen atoms in total. The fourth-order valence-electron chi connectivity index (χ4n) is 1.88. The van der Waals surface area contributed by atoms with Gasteiger partial charge in [0.2, 0.25) is 0 Å². The van der Waals surface area contributed by atoms with E-state index in [4.69, 9.17) is 11.6 Å². The zero-order chi connectivity index (χ0) is 14.7. The molecule has 0 unspecified atom stereocenters. The lowest BCUT2D eigenvalue weighted by Crippen LogP contribution is -2.28. The lowest BCUT2D eigenvalue weighted by Gasteiger charge is -2.09. The fourth-order valence-corrected chi connectivity index (χ4v) is 2.62. The molecule has 21 heavy (non-hydrogen) atoms. The molecule has 2 N–H and O–H groups in total. The number of halogens is 1. The molecule has 2 amide bonds. The first-order valence-electron chi connectivity index (χ1n) is 6.23. The normalized spacial score (nSPS) is 10.5. The van der Waals surface area contributed by atoms with E-state index in [-0.39, 0.29) is 6.03 Å². The maximum atomic E-state index is 12.0. The first-order valence-corrected chi connectivity index (χ1v) is 7.34. The van der Waals surface area contributed by atoms with Crippen LogP contribution < -0.4 is 10.6 Å². The van der Waals surface area contributed by atoms with Gasteiger partial charge in [0.25, 0.3) is 0 Å². The molecule has 106 valence electrons. The minimum atomic E-state index is -0.332. The summed E-state index contributed by atoms with van der Waals surface area (Å²) < 4.78 is 8.28. The molecule has 1 aromatic heterocycles. The summed E-state index contributed by atoms with van der Waals surface area (Å²) in [5.41, 5.74) is 2.81. The van der Waals surface area contributed by atoms with Crippen molar-refractivity contribution >= 4 is 46.1 Å². The van der Waals surface area contributed by atoms with Gasteiger partial charge in [-0.05, 0) is 17.7 Å². The molecule has 0 saturated heterocycles. The summed E-state index contributed by atoms with van der Waals surface area (Å²) >= 11 is 7.20. The number of aromatic nitrogens is 2. The van der Waals surface area contributed by atoms with Crippen LogP contribution in [-0.2, 0) is 6.54 Å². The quantitative estimate of drug-likeness (QED) is 0.774. The number of carbonyl (C=O) groups excluding carboxylic acids is 1. The van der Waals surface area contributed by atoms with Crippen LogP contribution in [-0.4, -0.2) is 14.8 Å². The summed E-state index contributed by atoms with van der Waals surface area (Å²) in [5.74, 6) is 0. The second kappa shape index (κ2) is 6.07. The molecule has 0 aliphatic rings. The molecule has 7 heteroatoms. The van der Waals surface area contributed by atoms with Crippen molar-refractivity contribution in [3.63, 3.8) is 0 Å². The zero-order valence-electron chi connectivity index (χ0n) is 10.8. The third-order valence-corrected chi connectivity index (χ3v) is 3.77. The smallest absolute Gasteiger partial charge is 0.319 e. The van der Waals surface area contributed by atoms with Crippen LogP contribution in [0.15, 0.2) is 42.5 Å². The van der Waals surface area contributed by atoms with Crippen molar-refractivity contribution in [2.45, 2.75) is 6.54 Å². The number of benzene rings is 2. The van der Waals surface area contributed by atoms with E-state index in [2.05, 4.69) is 19.4 Å². The fraction of sp³-hybridized carbons (Fsp3) is 0.0714. The summed E-state index contributed by atoms with van der Waals surface area (Å²) in [6.07, 6.45) is 0. The number of rotatable bonds is 3. The molecule has 0 atom stereocenters. The Hall–Kier alpha value is -2.18. The molecule has 3 rings (SSSR count). The lowest BCUT2D eigenvalue weighted by atomic mass is 10.2. The van der Waals surface area contributed by atoms with Crippen molar-refractivity contribution < 1.29 is 4.79 Å². The van der Waals surface area contributed by atoms with E-state index in [0.29, 0.717) is 28.3 Å². The van der Waals surface area contributed by atoms with Crippen LogP contribution >= 0.6 is 23.3 Å². The average Bonchev–Trinajstić information content (AvgIpc) is 2.98. The lowest BCUT2D eigenvalue weighted by molar-refractivity contribution is 0.252. The highest BCUT2D eigenvalue weighted by atomic mass is 35.5. The highest BCUT2D eigenvalue weighted by Crippen LogP contribution is 2.29. The van der Waals surface area contributed by atoms with Crippen LogP contribution in [0.4, 0.5) is 10.5 Å². The van der Waals surface area contributed by atoms with Crippen molar-refractivity contribution in [1.29, 1.82) is 0 Å². The van der Waals surface area contributed by atoms with Crippen LogP contribution in [0.25, 0.3) is 11.0 Å². The highest BCUT2D eigenvalue weighted by molar-refractivity contribution is 7.00. The monoisotopic (exact) mass is 318 g/mol. The first kappa shape index (κ1) is 13.8.